The second-order valence-corrected chi connectivity index (χ2v) is 4.97. The van der Waals surface area contributed by atoms with Crippen LogP contribution in [0.15, 0.2) is 34.9 Å². The minimum Gasteiger partial charge on any atom is -0.444 e. The first-order valence-corrected chi connectivity index (χ1v) is 7.24. The zero-order valence-electron chi connectivity index (χ0n) is 11.9. The van der Waals surface area contributed by atoms with Gasteiger partial charge in [-0.1, -0.05) is 18.5 Å². The fourth-order valence-electron chi connectivity index (χ4n) is 1.81. The Morgan fingerprint density at radius 2 is 2.05 bits per heavy atom. The van der Waals surface area contributed by atoms with Crippen LogP contribution >= 0.6 is 11.6 Å². The Hall–Kier alpha value is -1.85. The number of aromatic nitrogens is 1. The summed E-state index contributed by atoms with van der Waals surface area (Å²) in [6.07, 6.45) is 1.72. The standard InChI is InChI=1S/C15H18ClN3O2/c1-2-17-7-8-18-14(20)9-13-10-21-15(19-13)11-3-5-12(16)6-4-11/h3-6,10,17H,2,7-9H2,1H3,(H,18,20). The maximum atomic E-state index is 11.7. The molecule has 0 aliphatic carbocycles. The van der Waals surface area contributed by atoms with Crippen LogP contribution < -0.4 is 10.6 Å². The van der Waals surface area contributed by atoms with E-state index in [0.29, 0.717) is 23.2 Å². The molecule has 0 unspecified atom stereocenters. The molecule has 2 aromatic rings. The number of halogens is 1. The minimum atomic E-state index is -0.0659. The third-order valence-electron chi connectivity index (χ3n) is 2.86. The average Bonchev–Trinajstić information content (AvgIpc) is 2.93. The summed E-state index contributed by atoms with van der Waals surface area (Å²) in [5, 5.41) is 6.62. The molecule has 1 aromatic carbocycles. The van der Waals surface area contributed by atoms with E-state index in [1.54, 1.807) is 12.1 Å². The first-order chi connectivity index (χ1) is 10.2. The normalized spacial score (nSPS) is 10.6. The Bertz CT molecular complexity index is 581. The monoisotopic (exact) mass is 307 g/mol. The molecule has 6 heteroatoms. The predicted molar refractivity (Wildman–Crippen MR) is 82.2 cm³/mol. The van der Waals surface area contributed by atoms with Gasteiger partial charge in [0.15, 0.2) is 0 Å². The Labute approximate surface area is 128 Å². The molecule has 1 aromatic heterocycles. The second-order valence-electron chi connectivity index (χ2n) is 4.53. The predicted octanol–water partition coefficient (Wildman–Crippen LogP) is 2.26. The summed E-state index contributed by atoms with van der Waals surface area (Å²) in [6.45, 7) is 4.28. The molecule has 0 bridgehead atoms. The van der Waals surface area contributed by atoms with Crippen molar-refractivity contribution in [2.75, 3.05) is 19.6 Å². The Morgan fingerprint density at radius 1 is 1.29 bits per heavy atom. The van der Waals surface area contributed by atoms with Crippen molar-refractivity contribution >= 4 is 17.5 Å². The maximum Gasteiger partial charge on any atom is 0.226 e. The van der Waals surface area contributed by atoms with E-state index in [4.69, 9.17) is 16.0 Å². The van der Waals surface area contributed by atoms with E-state index in [1.165, 1.54) is 6.26 Å². The number of oxazole rings is 1. The molecule has 5 nitrogen and oxygen atoms in total. The smallest absolute Gasteiger partial charge is 0.226 e. The van der Waals surface area contributed by atoms with Crippen molar-refractivity contribution in [3.8, 4) is 11.5 Å². The molecular weight excluding hydrogens is 290 g/mol. The van der Waals surface area contributed by atoms with Gasteiger partial charge in [-0.2, -0.15) is 0 Å². The van der Waals surface area contributed by atoms with Gasteiger partial charge in [0, 0.05) is 23.7 Å². The van der Waals surface area contributed by atoms with Gasteiger partial charge in [-0.15, -0.1) is 0 Å². The fraction of sp³-hybridized carbons (Fsp3) is 0.333. The summed E-state index contributed by atoms with van der Waals surface area (Å²) in [7, 11) is 0. The van der Waals surface area contributed by atoms with E-state index in [2.05, 4.69) is 15.6 Å². The Kier molecular flexibility index (Phi) is 5.78. The lowest BCUT2D eigenvalue weighted by atomic mass is 10.2. The van der Waals surface area contributed by atoms with Crippen molar-refractivity contribution in [3.05, 3.63) is 41.2 Å². The number of hydrogen-bond acceptors (Lipinski definition) is 4. The summed E-state index contributed by atoms with van der Waals surface area (Å²) in [4.78, 5) is 16.0. The van der Waals surface area contributed by atoms with Crippen LogP contribution in [0, 0.1) is 0 Å². The molecule has 2 N–H and O–H groups in total. The SMILES string of the molecule is CCNCCNC(=O)Cc1coc(-c2ccc(Cl)cc2)n1. The van der Waals surface area contributed by atoms with Crippen LogP contribution in [0.5, 0.6) is 0 Å². The number of rotatable bonds is 7. The molecule has 0 saturated heterocycles. The molecule has 112 valence electrons. The molecule has 0 saturated carbocycles. The molecule has 0 aliphatic rings. The number of nitrogens with zero attached hydrogens (tertiary/aromatic N) is 1. The van der Waals surface area contributed by atoms with E-state index in [-0.39, 0.29) is 12.3 Å². The van der Waals surface area contributed by atoms with Gasteiger partial charge in [-0.25, -0.2) is 4.98 Å². The molecule has 0 fully saturated rings. The van der Waals surface area contributed by atoms with Crippen molar-refractivity contribution in [3.63, 3.8) is 0 Å². The van der Waals surface area contributed by atoms with Crippen molar-refractivity contribution in [2.24, 2.45) is 0 Å². The molecule has 2 rings (SSSR count). The summed E-state index contributed by atoms with van der Waals surface area (Å²) in [5.74, 6) is 0.422. The number of benzene rings is 1. The summed E-state index contributed by atoms with van der Waals surface area (Å²) >= 11 is 5.84. The summed E-state index contributed by atoms with van der Waals surface area (Å²) in [6, 6.07) is 7.20. The number of carbonyl (C=O) groups excluding carboxylic acids is 1. The van der Waals surface area contributed by atoms with Gasteiger partial charge >= 0.3 is 0 Å². The van der Waals surface area contributed by atoms with Crippen LogP contribution in [0.1, 0.15) is 12.6 Å². The molecular formula is C15H18ClN3O2. The number of hydrogen-bond donors (Lipinski definition) is 2. The van der Waals surface area contributed by atoms with Crippen molar-refractivity contribution in [2.45, 2.75) is 13.3 Å². The molecule has 21 heavy (non-hydrogen) atoms. The second kappa shape index (κ2) is 7.81. The molecule has 0 radical (unpaired) electrons. The van der Waals surface area contributed by atoms with Crippen LogP contribution in [0.3, 0.4) is 0 Å². The van der Waals surface area contributed by atoms with Gasteiger partial charge in [0.2, 0.25) is 11.8 Å². The van der Waals surface area contributed by atoms with Crippen LogP contribution in [0.25, 0.3) is 11.5 Å². The average molecular weight is 308 g/mol. The minimum absolute atomic E-state index is 0.0659. The third-order valence-corrected chi connectivity index (χ3v) is 3.11. The zero-order chi connectivity index (χ0) is 15.1. The highest BCUT2D eigenvalue weighted by Gasteiger charge is 2.10. The lowest BCUT2D eigenvalue weighted by Crippen LogP contribution is -2.32. The quantitative estimate of drug-likeness (QED) is 0.770. The number of likely N-dealkylation sites (N-methyl/N-ethyl adjacent to an activating group) is 1. The summed E-state index contributed by atoms with van der Waals surface area (Å²) in [5.41, 5.74) is 1.44. The highest BCUT2D eigenvalue weighted by atomic mass is 35.5. The van der Waals surface area contributed by atoms with Gasteiger partial charge in [-0.05, 0) is 30.8 Å². The largest absolute Gasteiger partial charge is 0.444 e. The lowest BCUT2D eigenvalue weighted by Gasteiger charge is -2.03. The fourth-order valence-corrected chi connectivity index (χ4v) is 1.93. The first kappa shape index (κ1) is 15.5. The first-order valence-electron chi connectivity index (χ1n) is 6.87. The van der Waals surface area contributed by atoms with Gasteiger partial charge < -0.3 is 15.1 Å². The van der Waals surface area contributed by atoms with Crippen molar-refractivity contribution in [1.82, 2.24) is 15.6 Å². The van der Waals surface area contributed by atoms with Crippen molar-refractivity contribution in [1.29, 1.82) is 0 Å². The number of nitrogens with one attached hydrogen (secondary N) is 2. The topological polar surface area (TPSA) is 67.2 Å². The van der Waals surface area contributed by atoms with Crippen LogP contribution in [-0.2, 0) is 11.2 Å². The van der Waals surface area contributed by atoms with E-state index >= 15 is 0 Å². The van der Waals surface area contributed by atoms with Gasteiger partial charge in [0.05, 0.1) is 12.1 Å². The van der Waals surface area contributed by atoms with E-state index in [9.17, 15) is 4.79 Å². The van der Waals surface area contributed by atoms with Crippen molar-refractivity contribution < 1.29 is 9.21 Å². The third kappa shape index (κ3) is 4.88. The number of amides is 1. The van der Waals surface area contributed by atoms with E-state index in [1.807, 2.05) is 19.1 Å². The van der Waals surface area contributed by atoms with E-state index < -0.39 is 0 Å². The maximum absolute atomic E-state index is 11.7. The van der Waals surface area contributed by atoms with Gasteiger partial charge in [0.25, 0.3) is 0 Å². The van der Waals surface area contributed by atoms with Gasteiger partial charge in [0.1, 0.15) is 6.26 Å². The Balaban J connectivity index is 1.88. The van der Waals surface area contributed by atoms with Crippen LogP contribution in [0.4, 0.5) is 0 Å². The zero-order valence-corrected chi connectivity index (χ0v) is 12.6. The Morgan fingerprint density at radius 3 is 2.76 bits per heavy atom. The summed E-state index contributed by atoms with van der Waals surface area (Å²) < 4.78 is 5.39. The highest BCUT2D eigenvalue weighted by molar-refractivity contribution is 6.30. The highest BCUT2D eigenvalue weighted by Crippen LogP contribution is 2.20. The molecule has 1 amide bonds. The van der Waals surface area contributed by atoms with Gasteiger partial charge in [-0.3, -0.25) is 4.79 Å². The van der Waals surface area contributed by atoms with Crippen LogP contribution in [0.2, 0.25) is 5.02 Å². The lowest BCUT2D eigenvalue weighted by molar-refractivity contribution is -0.120. The van der Waals surface area contributed by atoms with E-state index in [0.717, 1.165) is 18.7 Å². The molecule has 0 aliphatic heterocycles. The molecule has 0 spiro atoms. The molecule has 1 heterocycles. The number of carbonyl (C=O) groups is 1. The van der Waals surface area contributed by atoms with Crippen LogP contribution in [-0.4, -0.2) is 30.5 Å². The molecule has 0 atom stereocenters.